The highest BCUT2D eigenvalue weighted by Crippen LogP contribution is 2.26. The van der Waals surface area contributed by atoms with Crippen LogP contribution in [0.1, 0.15) is 28.1 Å². The van der Waals surface area contributed by atoms with Gasteiger partial charge in [-0.3, -0.25) is 0 Å². The topological polar surface area (TPSA) is 28.7 Å². The van der Waals surface area contributed by atoms with Crippen molar-refractivity contribution in [2.75, 3.05) is 0 Å². The van der Waals surface area contributed by atoms with Crippen LogP contribution in [0.25, 0.3) is 17.3 Å². The first-order valence-corrected chi connectivity index (χ1v) is 8.51. The zero-order valence-corrected chi connectivity index (χ0v) is 15.3. The molecule has 0 bridgehead atoms. The van der Waals surface area contributed by atoms with Gasteiger partial charge in [-0.15, -0.1) is 0 Å². The first-order chi connectivity index (χ1) is 12.0. The monoisotopic (exact) mass is 346 g/mol. The Bertz CT molecular complexity index is 986. The van der Waals surface area contributed by atoms with E-state index in [4.69, 9.17) is 11.6 Å². The minimum atomic E-state index is 0.603. The molecule has 0 fully saturated rings. The summed E-state index contributed by atoms with van der Waals surface area (Å²) >= 11 is 6.06. The lowest BCUT2D eigenvalue weighted by Crippen LogP contribution is -1.98. The number of nitriles is 1. The highest BCUT2D eigenvalue weighted by molar-refractivity contribution is 6.30. The number of aryl methyl sites for hydroxylation is 2. The Balaban J connectivity index is 2.08. The van der Waals surface area contributed by atoms with Crippen molar-refractivity contribution in [1.29, 1.82) is 5.26 Å². The summed E-state index contributed by atoms with van der Waals surface area (Å²) in [5.74, 6) is 0. The van der Waals surface area contributed by atoms with E-state index in [0.717, 1.165) is 28.2 Å². The van der Waals surface area contributed by atoms with Gasteiger partial charge in [-0.1, -0.05) is 41.4 Å². The second-order valence-electron chi connectivity index (χ2n) is 6.18. The third-order valence-corrected chi connectivity index (χ3v) is 4.55. The van der Waals surface area contributed by atoms with Crippen molar-refractivity contribution in [3.05, 3.63) is 87.7 Å². The number of hydrogen-bond acceptors (Lipinski definition) is 1. The smallest absolute Gasteiger partial charge is 0.0998 e. The van der Waals surface area contributed by atoms with Crippen LogP contribution in [0.4, 0.5) is 0 Å². The highest BCUT2D eigenvalue weighted by Gasteiger charge is 2.11. The molecule has 1 heterocycles. The van der Waals surface area contributed by atoms with Crippen molar-refractivity contribution in [3.8, 4) is 11.8 Å². The molecule has 0 unspecified atom stereocenters. The van der Waals surface area contributed by atoms with Gasteiger partial charge in [0.05, 0.1) is 11.6 Å². The van der Waals surface area contributed by atoms with Crippen LogP contribution >= 0.6 is 11.6 Å². The van der Waals surface area contributed by atoms with Crippen LogP contribution in [0.3, 0.4) is 0 Å². The molecule has 3 rings (SSSR count). The fourth-order valence-corrected chi connectivity index (χ4v) is 3.21. The van der Waals surface area contributed by atoms with E-state index in [2.05, 4.69) is 61.7 Å². The third-order valence-electron chi connectivity index (χ3n) is 4.32. The maximum atomic E-state index is 9.58. The summed E-state index contributed by atoms with van der Waals surface area (Å²) in [6, 6.07) is 20.2. The van der Waals surface area contributed by atoms with Crippen molar-refractivity contribution in [3.63, 3.8) is 0 Å². The maximum Gasteiger partial charge on any atom is 0.0998 e. The summed E-state index contributed by atoms with van der Waals surface area (Å²) in [7, 11) is 0. The first-order valence-electron chi connectivity index (χ1n) is 8.13. The molecule has 0 saturated carbocycles. The molecule has 25 heavy (non-hydrogen) atoms. The van der Waals surface area contributed by atoms with Gasteiger partial charge in [-0.25, -0.2) is 0 Å². The Morgan fingerprint density at radius 2 is 1.76 bits per heavy atom. The average Bonchev–Trinajstić information content (AvgIpc) is 2.87. The number of nitrogens with zero attached hydrogens (tertiary/aromatic N) is 2. The average molecular weight is 347 g/mol. The van der Waals surface area contributed by atoms with Crippen LogP contribution in [0, 0.1) is 32.1 Å². The molecule has 0 radical (unpaired) electrons. The number of hydrogen-bond donors (Lipinski definition) is 0. The Hall–Kier alpha value is -2.76. The van der Waals surface area contributed by atoms with Crippen molar-refractivity contribution in [1.82, 2.24) is 4.57 Å². The quantitative estimate of drug-likeness (QED) is 0.525. The van der Waals surface area contributed by atoms with Gasteiger partial charge in [-0.05, 0) is 68.3 Å². The summed E-state index contributed by atoms with van der Waals surface area (Å²) in [6.45, 7) is 6.23. The fraction of sp³-hybridized carbons (Fsp3) is 0.136. The third kappa shape index (κ3) is 3.52. The van der Waals surface area contributed by atoms with Crippen molar-refractivity contribution >= 4 is 23.3 Å². The van der Waals surface area contributed by atoms with Crippen molar-refractivity contribution in [2.45, 2.75) is 20.8 Å². The molecule has 0 saturated heterocycles. The molecule has 0 aliphatic heterocycles. The molecule has 0 atom stereocenters. The normalized spacial score (nSPS) is 11.4. The molecule has 0 spiro atoms. The lowest BCUT2D eigenvalue weighted by molar-refractivity contribution is 0.963. The van der Waals surface area contributed by atoms with Crippen molar-refractivity contribution in [2.24, 2.45) is 0 Å². The van der Waals surface area contributed by atoms with E-state index in [0.29, 0.717) is 10.6 Å². The minimum absolute atomic E-state index is 0.603. The van der Waals surface area contributed by atoms with E-state index in [-0.39, 0.29) is 0 Å². The van der Waals surface area contributed by atoms with E-state index >= 15 is 0 Å². The Morgan fingerprint density at radius 3 is 2.40 bits per heavy atom. The molecule has 0 aliphatic rings. The molecule has 0 amide bonds. The van der Waals surface area contributed by atoms with Crippen LogP contribution in [-0.2, 0) is 0 Å². The molecule has 3 aromatic rings. The van der Waals surface area contributed by atoms with Gasteiger partial charge < -0.3 is 4.57 Å². The van der Waals surface area contributed by atoms with Gasteiger partial charge >= 0.3 is 0 Å². The number of allylic oxidation sites excluding steroid dienone is 1. The number of aromatic nitrogens is 1. The molecule has 0 aliphatic carbocycles. The Labute approximate surface area is 153 Å². The van der Waals surface area contributed by atoms with E-state index in [9.17, 15) is 5.26 Å². The fourth-order valence-electron chi connectivity index (χ4n) is 3.02. The summed E-state index contributed by atoms with van der Waals surface area (Å²) in [5, 5.41) is 10.2. The van der Waals surface area contributed by atoms with Crippen LogP contribution < -0.4 is 0 Å². The van der Waals surface area contributed by atoms with Gasteiger partial charge in [0.1, 0.15) is 0 Å². The van der Waals surface area contributed by atoms with Gasteiger partial charge in [0.25, 0.3) is 0 Å². The zero-order chi connectivity index (χ0) is 18.0. The summed E-state index contributed by atoms with van der Waals surface area (Å²) in [4.78, 5) is 0. The molecule has 2 nitrogen and oxygen atoms in total. The first kappa shape index (κ1) is 17.1. The molecule has 1 aromatic heterocycles. The van der Waals surface area contributed by atoms with Gasteiger partial charge in [0.2, 0.25) is 0 Å². The van der Waals surface area contributed by atoms with Crippen molar-refractivity contribution < 1.29 is 0 Å². The standard InChI is InChI=1S/C22H19ClN2/c1-15-7-9-22(10-8-15)25-16(2)11-19(17(25)3)12-20(14-24)18-5-4-6-21(23)13-18/h4-13H,1-3H3/b20-12-. The second kappa shape index (κ2) is 7.01. The van der Waals surface area contributed by atoms with E-state index in [1.807, 2.05) is 30.3 Å². The highest BCUT2D eigenvalue weighted by atomic mass is 35.5. The SMILES string of the molecule is Cc1ccc(-n2c(C)cc(/C=C(/C#N)c3cccc(Cl)c3)c2C)cc1. The van der Waals surface area contributed by atoms with Crippen LogP contribution in [-0.4, -0.2) is 4.57 Å². The lowest BCUT2D eigenvalue weighted by atomic mass is 10.0. The molecule has 3 heteroatoms. The lowest BCUT2D eigenvalue weighted by Gasteiger charge is -2.10. The predicted molar refractivity (Wildman–Crippen MR) is 105 cm³/mol. The summed E-state index contributed by atoms with van der Waals surface area (Å²) < 4.78 is 2.21. The molecule has 0 N–H and O–H groups in total. The van der Waals surface area contributed by atoms with Gasteiger partial charge in [-0.2, -0.15) is 5.26 Å². The number of rotatable bonds is 3. The Morgan fingerprint density at radius 1 is 1.04 bits per heavy atom. The molecular formula is C22H19ClN2. The largest absolute Gasteiger partial charge is 0.318 e. The summed E-state index contributed by atoms with van der Waals surface area (Å²) in [6.07, 6.45) is 1.93. The number of halogens is 1. The molecule has 2 aromatic carbocycles. The van der Waals surface area contributed by atoms with Crippen LogP contribution in [0.2, 0.25) is 5.02 Å². The Kier molecular flexibility index (Phi) is 4.79. The zero-order valence-electron chi connectivity index (χ0n) is 14.5. The molecule has 124 valence electrons. The minimum Gasteiger partial charge on any atom is -0.318 e. The number of benzene rings is 2. The van der Waals surface area contributed by atoms with Crippen LogP contribution in [0.15, 0.2) is 54.6 Å². The van der Waals surface area contributed by atoms with E-state index in [1.54, 1.807) is 0 Å². The van der Waals surface area contributed by atoms with Gasteiger partial charge in [0, 0.05) is 22.1 Å². The van der Waals surface area contributed by atoms with Gasteiger partial charge in [0.15, 0.2) is 0 Å². The van der Waals surface area contributed by atoms with E-state index < -0.39 is 0 Å². The summed E-state index contributed by atoms with van der Waals surface area (Å²) in [5.41, 5.74) is 7.07. The van der Waals surface area contributed by atoms with E-state index in [1.165, 1.54) is 5.56 Å². The predicted octanol–water partition coefficient (Wildman–Crippen LogP) is 6.12. The van der Waals surface area contributed by atoms with Crippen LogP contribution in [0.5, 0.6) is 0 Å². The second-order valence-corrected chi connectivity index (χ2v) is 6.61. The molecular weight excluding hydrogens is 328 g/mol. The maximum absolute atomic E-state index is 9.58.